The van der Waals surface area contributed by atoms with Crippen molar-refractivity contribution in [2.45, 2.75) is 12.1 Å². The Hall–Kier alpha value is -1.84. The number of nitriles is 1. The second kappa shape index (κ2) is 5.88. The maximum absolute atomic E-state index is 11.8. The summed E-state index contributed by atoms with van der Waals surface area (Å²) in [4.78, 5) is 20.2. The molecule has 2 atom stereocenters. The van der Waals surface area contributed by atoms with Crippen LogP contribution in [0.15, 0.2) is 18.3 Å². The predicted octanol–water partition coefficient (Wildman–Crippen LogP) is 0.608. The molecule has 2 aliphatic heterocycles. The number of hydrogen-bond donors (Lipinski definition) is 0. The number of anilines is 1. The van der Waals surface area contributed by atoms with E-state index in [0.29, 0.717) is 31.9 Å². The molecule has 6 nitrogen and oxygen atoms in total. The first-order valence-electron chi connectivity index (χ1n) is 6.79. The number of amides is 1. The zero-order chi connectivity index (χ0) is 14.8. The molecule has 0 saturated carbocycles. The van der Waals surface area contributed by atoms with E-state index < -0.39 is 0 Å². The summed E-state index contributed by atoms with van der Waals surface area (Å²) in [6, 6.07) is 5.82. The molecule has 2 aliphatic rings. The van der Waals surface area contributed by atoms with Crippen molar-refractivity contribution >= 4 is 23.3 Å². The summed E-state index contributed by atoms with van der Waals surface area (Å²) in [7, 11) is 0. The third kappa shape index (κ3) is 2.67. The normalized spacial score (nSPS) is 24.6. The third-order valence-electron chi connectivity index (χ3n) is 3.88. The van der Waals surface area contributed by atoms with E-state index in [1.807, 2.05) is 6.07 Å². The maximum Gasteiger partial charge on any atom is 0.237 e. The maximum atomic E-state index is 11.8. The summed E-state index contributed by atoms with van der Waals surface area (Å²) in [6.45, 7) is 2.29. The fourth-order valence-corrected chi connectivity index (χ4v) is 3.10. The van der Waals surface area contributed by atoms with Crippen LogP contribution in [0.2, 0.25) is 0 Å². The Morgan fingerprint density at radius 3 is 2.67 bits per heavy atom. The minimum Gasteiger partial charge on any atom is -0.377 e. The number of rotatable bonds is 2. The van der Waals surface area contributed by atoms with Crippen molar-refractivity contribution in [2.24, 2.45) is 0 Å². The molecule has 2 bridgehead atoms. The Kier molecular flexibility index (Phi) is 3.95. The van der Waals surface area contributed by atoms with Gasteiger partial charge in [-0.25, -0.2) is 4.98 Å². The highest BCUT2D eigenvalue weighted by Crippen LogP contribution is 2.27. The number of pyridine rings is 1. The van der Waals surface area contributed by atoms with E-state index in [4.69, 9.17) is 21.6 Å². The van der Waals surface area contributed by atoms with Crippen molar-refractivity contribution in [3.05, 3.63) is 23.9 Å². The highest BCUT2D eigenvalue weighted by molar-refractivity contribution is 6.27. The number of morpholine rings is 1. The second-order valence-corrected chi connectivity index (χ2v) is 5.47. The fraction of sp³-hybridized carbons (Fsp3) is 0.500. The molecule has 1 aromatic heterocycles. The average molecular weight is 307 g/mol. The number of piperazine rings is 1. The first-order chi connectivity index (χ1) is 10.2. The van der Waals surface area contributed by atoms with E-state index in [2.05, 4.69) is 16.0 Å². The minimum atomic E-state index is -0.0407. The second-order valence-electron chi connectivity index (χ2n) is 5.20. The first kappa shape index (κ1) is 14.1. The molecule has 0 aromatic carbocycles. The predicted molar refractivity (Wildman–Crippen MR) is 77.1 cm³/mol. The summed E-state index contributed by atoms with van der Waals surface area (Å²) >= 11 is 5.65. The van der Waals surface area contributed by atoms with Crippen molar-refractivity contribution in [1.29, 1.82) is 5.26 Å². The van der Waals surface area contributed by atoms with E-state index in [1.54, 1.807) is 17.2 Å². The van der Waals surface area contributed by atoms with Gasteiger partial charge in [-0.2, -0.15) is 5.26 Å². The summed E-state index contributed by atoms with van der Waals surface area (Å²) in [5, 5.41) is 8.84. The molecule has 2 fully saturated rings. The van der Waals surface area contributed by atoms with Gasteiger partial charge in [0.25, 0.3) is 0 Å². The highest BCUT2D eigenvalue weighted by atomic mass is 35.5. The van der Waals surface area contributed by atoms with Crippen molar-refractivity contribution in [2.75, 3.05) is 37.1 Å². The van der Waals surface area contributed by atoms with Gasteiger partial charge in [0.05, 0.1) is 30.9 Å². The Morgan fingerprint density at radius 1 is 1.43 bits per heavy atom. The zero-order valence-electron chi connectivity index (χ0n) is 11.4. The van der Waals surface area contributed by atoms with E-state index >= 15 is 0 Å². The number of ether oxygens (including phenoxy) is 1. The number of halogens is 1. The average Bonchev–Trinajstić information content (AvgIpc) is 2.53. The van der Waals surface area contributed by atoms with Crippen molar-refractivity contribution in [3.63, 3.8) is 0 Å². The first-order valence-corrected chi connectivity index (χ1v) is 7.32. The number of hydrogen-bond acceptors (Lipinski definition) is 5. The zero-order valence-corrected chi connectivity index (χ0v) is 12.2. The number of carbonyl (C=O) groups excluding carboxylic acids is 1. The van der Waals surface area contributed by atoms with Gasteiger partial charge in [0.1, 0.15) is 17.8 Å². The van der Waals surface area contributed by atoms with Gasteiger partial charge in [-0.3, -0.25) is 4.79 Å². The van der Waals surface area contributed by atoms with E-state index in [0.717, 1.165) is 5.82 Å². The lowest BCUT2D eigenvalue weighted by Crippen LogP contribution is -2.66. The Bertz CT molecular complexity index is 557. The van der Waals surface area contributed by atoms with Crippen LogP contribution >= 0.6 is 11.6 Å². The van der Waals surface area contributed by atoms with Gasteiger partial charge in [-0.05, 0) is 12.1 Å². The smallest absolute Gasteiger partial charge is 0.237 e. The summed E-state index contributed by atoms with van der Waals surface area (Å²) in [5.74, 6) is 0.793. The molecule has 0 radical (unpaired) electrons. The van der Waals surface area contributed by atoms with Gasteiger partial charge in [0.15, 0.2) is 0 Å². The van der Waals surface area contributed by atoms with Gasteiger partial charge in [0, 0.05) is 19.3 Å². The van der Waals surface area contributed by atoms with E-state index in [-0.39, 0.29) is 23.9 Å². The molecule has 3 rings (SSSR count). The Labute approximate surface area is 127 Å². The molecule has 7 heteroatoms. The van der Waals surface area contributed by atoms with Crippen LogP contribution in [0.25, 0.3) is 0 Å². The van der Waals surface area contributed by atoms with Crippen molar-refractivity contribution in [1.82, 2.24) is 9.88 Å². The molecule has 1 amide bonds. The molecule has 0 spiro atoms. The van der Waals surface area contributed by atoms with Gasteiger partial charge in [-0.1, -0.05) is 0 Å². The van der Waals surface area contributed by atoms with Gasteiger partial charge in [0.2, 0.25) is 5.91 Å². The SMILES string of the molecule is N#Cc1ccc(N2C3COC[C@H]2CN(C(=O)CCl)C3)nc1. The molecule has 1 unspecified atom stereocenters. The molecule has 21 heavy (non-hydrogen) atoms. The molecular formula is C14H15ClN4O2. The van der Waals surface area contributed by atoms with Gasteiger partial charge < -0.3 is 14.5 Å². The Balaban J connectivity index is 1.83. The lowest BCUT2D eigenvalue weighted by atomic mass is 10.0. The highest BCUT2D eigenvalue weighted by Gasteiger charge is 2.40. The lowest BCUT2D eigenvalue weighted by Gasteiger charge is -2.50. The molecule has 0 N–H and O–H groups in total. The monoisotopic (exact) mass is 306 g/mol. The fourth-order valence-electron chi connectivity index (χ4n) is 2.93. The molecule has 3 heterocycles. The molecule has 0 aliphatic carbocycles. The van der Waals surface area contributed by atoms with E-state index in [9.17, 15) is 4.79 Å². The Morgan fingerprint density at radius 2 is 2.14 bits per heavy atom. The van der Waals surface area contributed by atoms with Crippen LogP contribution in [0.1, 0.15) is 5.56 Å². The van der Waals surface area contributed by atoms with Crippen LogP contribution in [0, 0.1) is 11.3 Å². The van der Waals surface area contributed by atoms with Crippen LogP contribution in [-0.2, 0) is 9.53 Å². The van der Waals surface area contributed by atoms with Crippen molar-refractivity contribution in [3.8, 4) is 6.07 Å². The minimum absolute atomic E-state index is 0.00934. The third-order valence-corrected chi connectivity index (χ3v) is 4.11. The molecule has 1 aromatic rings. The largest absolute Gasteiger partial charge is 0.377 e. The molecular weight excluding hydrogens is 292 g/mol. The number of fused-ring (bicyclic) bond motifs is 2. The summed E-state index contributed by atoms with van der Waals surface area (Å²) < 4.78 is 5.60. The van der Waals surface area contributed by atoms with Crippen LogP contribution in [0.5, 0.6) is 0 Å². The lowest BCUT2D eigenvalue weighted by molar-refractivity contribution is -0.131. The molecule has 2 saturated heterocycles. The number of carbonyl (C=O) groups is 1. The van der Waals surface area contributed by atoms with Crippen LogP contribution < -0.4 is 4.90 Å². The number of alkyl halides is 1. The van der Waals surface area contributed by atoms with Crippen molar-refractivity contribution < 1.29 is 9.53 Å². The number of aromatic nitrogens is 1. The topological polar surface area (TPSA) is 69.5 Å². The number of nitrogens with zero attached hydrogens (tertiary/aromatic N) is 4. The summed E-state index contributed by atoms with van der Waals surface area (Å²) in [6.07, 6.45) is 1.57. The standard InChI is InChI=1S/C14H15ClN4O2/c15-3-14(20)18-6-11-8-21-9-12(7-18)19(11)13-2-1-10(4-16)5-17-13/h1-2,5,11-12H,3,6-9H2/t11-,12?/m1/s1. The van der Waals surface area contributed by atoms with E-state index in [1.165, 1.54) is 0 Å². The quantitative estimate of drug-likeness (QED) is 0.749. The van der Waals surface area contributed by atoms with Crippen LogP contribution in [-0.4, -0.2) is 60.1 Å². The molecule has 110 valence electrons. The summed E-state index contributed by atoms with van der Waals surface area (Å²) in [5.41, 5.74) is 0.538. The van der Waals surface area contributed by atoms with Crippen LogP contribution in [0.3, 0.4) is 0 Å². The van der Waals surface area contributed by atoms with Gasteiger partial charge in [-0.15, -0.1) is 11.6 Å². The van der Waals surface area contributed by atoms with Gasteiger partial charge >= 0.3 is 0 Å². The van der Waals surface area contributed by atoms with Crippen LogP contribution in [0.4, 0.5) is 5.82 Å².